The number of rotatable bonds is 2. The molecule has 4 aromatic rings. The lowest BCUT2D eigenvalue weighted by Gasteiger charge is -2.21. The van der Waals surface area contributed by atoms with Gasteiger partial charge in [0.25, 0.3) is 0 Å². The molecule has 0 amide bonds. The molecule has 0 aliphatic carbocycles. The fraction of sp³-hybridized carbons (Fsp3) is 0.412. The number of halogens is 2. The average Bonchev–Trinajstić information content (AvgIpc) is 3.21. The molecule has 2 aromatic carbocycles. The molecule has 0 aliphatic rings. The SMILES string of the molecule is CSC(C)c1c(F)c2c3nonc3c(C(C)(C)C)c(F)c2c2nonc12. The summed E-state index contributed by atoms with van der Waals surface area (Å²) >= 11 is 1.44. The summed E-state index contributed by atoms with van der Waals surface area (Å²) in [5.74, 6) is -1.22. The lowest BCUT2D eigenvalue weighted by Crippen LogP contribution is -2.15. The number of hydrogen-bond donors (Lipinski definition) is 0. The van der Waals surface area contributed by atoms with Crippen LogP contribution in [0, 0.1) is 11.6 Å². The summed E-state index contributed by atoms with van der Waals surface area (Å²) in [7, 11) is 0. The molecule has 9 heteroatoms. The maximum absolute atomic E-state index is 15.6. The van der Waals surface area contributed by atoms with E-state index in [1.54, 1.807) is 0 Å². The minimum atomic E-state index is -0.612. The van der Waals surface area contributed by atoms with E-state index in [0.29, 0.717) is 5.56 Å². The van der Waals surface area contributed by atoms with Crippen molar-refractivity contribution < 1.29 is 18.0 Å². The molecule has 1 unspecified atom stereocenters. The molecule has 26 heavy (non-hydrogen) atoms. The Morgan fingerprint density at radius 2 is 1.35 bits per heavy atom. The highest BCUT2D eigenvalue weighted by Crippen LogP contribution is 2.44. The summed E-state index contributed by atoms with van der Waals surface area (Å²) in [6.07, 6.45) is 1.85. The van der Waals surface area contributed by atoms with Crippen molar-refractivity contribution in [2.45, 2.75) is 38.4 Å². The van der Waals surface area contributed by atoms with Gasteiger partial charge in [-0.1, -0.05) is 20.8 Å². The second-order valence-corrected chi connectivity index (χ2v) is 8.40. The quantitative estimate of drug-likeness (QED) is 0.490. The van der Waals surface area contributed by atoms with Crippen LogP contribution in [0.1, 0.15) is 44.1 Å². The zero-order valence-electron chi connectivity index (χ0n) is 14.8. The van der Waals surface area contributed by atoms with Gasteiger partial charge in [0, 0.05) is 16.4 Å². The lowest BCUT2D eigenvalue weighted by atomic mass is 9.83. The van der Waals surface area contributed by atoms with Crippen LogP contribution in [0.2, 0.25) is 0 Å². The summed E-state index contributed by atoms with van der Waals surface area (Å²) in [6.45, 7) is 7.35. The van der Waals surface area contributed by atoms with Gasteiger partial charge in [-0.2, -0.15) is 11.8 Å². The van der Waals surface area contributed by atoms with E-state index in [0.717, 1.165) is 0 Å². The van der Waals surface area contributed by atoms with Gasteiger partial charge >= 0.3 is 0 Å². The van der Waals surface area contributed by atoms with Gasteiger partial charge in [0.05, 0.1) is 10.8 Å². The average molecular weight is 378 g/mol. The largest absolute Gasteiger partial charge is 0.243 e. The highest BCUT2D eigenvalue weighted by Gasteiger charge is 2.33. The highest BCUT2D eigenvalue weighted by molar-refractivity contribution is 7.98. The Labute approximate surface area is 151 Å². The molecule has 6 nitrogen and oxygen atoms in total. The predicted octanol–water partition coefficient (Wildman–Crippen LogP) is 4.91. The summed E-state index contributed by atoms with van der Waals surface area (Å²) < 4.78 is 40.8. The van der Waals surface area contributed by atoms with Gasteiger partial charge < -0.3 is 0 Å². The van der Waals surface area contributed by atoms with Crippen molar-refractivity contribution in [1.29, 1.82) is 0 Å². The number of thioether (sulfide) groups is 1. The zero-order valence-corrected chi connectivity index (χ0v) is 15.7. The lowest BCUT2D eigenvalue weighted by molar-refractivity contribution is 0.315. The van der Waals surface area contributed by atoms with Crippen LogP contribution in [-0.4, -0.2) is 26.9 Å². The van der Waals surface area contributed by atoms with E-state index in [9.17, 15) is 0 Å². The molecule has 0 saturated carbocycles. The first kappa shape index (κ1) is 17.1. The number of nitrogens with zero attached hydrogens (tertiary/aromatic N) is 4. The maximum Gasteiger partial charge on any atom is 0.146 e. The predicted molar refractivity (Wildman–Crippen MR) is 95.2 cm³/mol. The van der Waals surface area contributed by atoms with Crippen LogP contribution >= 0.6 is 11.8 Å². The molecule has 2 heterocycles. The van der Waals surface area contributed by atoms with Crippen LogP contribution in [0.3, 0.4) is 0 Å². The molecule has 4 rings (SSSR count). The highest BCUT2D eigenvalue weighted by atomic mass is 32.2. The van der Waals surface area contributed by atoms with E-state index < -0.39 is 17.0 Å². The Morgan fingerprint density at radius 1 is 0.846 bits per heavy atom. The van der Waals surface area contributed by atoms with Crippen molar-refractivity contribution in [2.75, 3.05) is 6.26 Å². The summed E-state index contributed by atoms with van der Waals surface area (Å²) in [5.41, 5.74) is 0.740. The first-order chi connectivity index (χ1) is 12.3. The first-order valence-corrected chi connectivity index (χ1v) is 9.30. The minimum absolute atomic E-state index is 0.00847. The summed E-state index contributed by atoms with van der Waals surface area (Å²) in [4.78, 5) is 0. The Balaban J connectivity index is 2.35. The fourth-order valence-electron chi connectivity index (χ4n) is 3.35. The van der Waals surface area contributed by atoms with Gasteiger partial charge in [-0.05, 0) is 39.2 Å². The van der Waals surface area contributed by atoms with E-state index in [1.165, 1.54) is 11.8 Å². The van der Waals surface area contributed by atoms with Gasteiger partial charge in [-0.25, -0.2) is 18.0 Å². The molecule has 0 N–H and O–H groups in total. The summed E-state index contributed by atoms with van der Waals surface area (Å²) in [5, 5.41) is 15.1. The number of hydrogen-bond acceptors (Lipinski definition) is 7. The molecule has 0 radical (unpaired) electrons. The molecular weight excluding hydrogens is 362 g/mol. The molecule has 136 valence electrons. The van der Waals surface area contributed by atoms with Crippen LogP contribution < -0.4 is 0 Å². The molecule has 1 atom stereocenters. The van der Waals surface area contributed by atoms with Crippen LogP contribution in [0.4, 0.5) is 8.78 Å². The van der Waals surface area contributed by atoms with Gasteiger partial charge in [0.15, 0.2) is 0 Å². The second kappa shape index (κ2) is 5.60. The third kappa shape index (κ3) is 2.16. The van der Waals surface area contributed by atoms with Crippen molar-refractivity contribution in [1.82, 2.24) is 20.6 Å². The van der Waals surface area contributed by atoms with Gasteiger partial charge in [-0.15, -0.1) is 0 Å². The Bertz CT molecular complexity index is 1160. The van der Waals surface area contributed by atoms with Gasteiger partial charge in [0.1, 0.15) is 33.7 Å². The normalized spacial score (nSPS) is 14.0. The molecule has 0 saturated heterocycles. The molecule has 0 bridgehead atoms. The smallest absolute Gasteiger partial charge is 0.146 e. The van der Waals surface area contributed by atoms with Crippen LogP contribution in [0.5, 0.6) is 0 Å². The van der Waals surface area contributed by atoms with E-state index in [-0.39, 0.29) is 43.7 Å². The molecule has 0 fully saturated rings. The van der Waals surface area contributed by atoms with Gasteiger partial charge in [0.2, 0.25) is 0 Å². The van der Waals surface area contributed by atoms with Crippen LogP contribution in [0.15, 0.2) is 9.26 Å². The zero-order chi connectivity index (χ0) is 18.8. The third-order valence-corrected chi connectivity index (χ3v) is 5.54. The van der Waals surface area contributed by atoms with E-state index >= 15 is 8.78 Å². The molecule has 0 spiro atoms. The van der Waals surface area contributed by atoms with Crippen LogP contribution in [0.25, 0.3) is 32.8 Å². The number of aromatic nitrogens is 4. The second-order valence-electron chi connectivity index (χ2n) is 7.22. The maximum atomic E-state index is 15.6. The monoisotopic (exact) mass is 378 g/mol. The molecule has 0 aliphatic heterocycles. The van der Waals surface area contributed by atoms with Crippen LogP contribution in [-0.2, 0) is 5.41 Å². The topological polar surface area (TPSA) is 77.8 Å². The minimum Gasteiger partial charge on any atom is -0.243 e. The van der Waals surface area contributed by atoms with E-state index in [1.807, 2.05) is 34.0 Å². The fourth-order valence-corrected chi connectivity index (χ4v) is 3.80. The first-order valence-electron chi connectivity index (χ1n) is 8.01. The van der Waals surface area contributed by atoms with Crippen molar-refractivity contribution >= 4 is 44.6 Å². The summed E-state index contributed by atoms with van der Waals surface area (Å²) in [6, 6.07) is 0. The van der Waals surface area contributed by atoms with E-state index in [2.05, 4.69) is 20.6 Å². The van der Waals surface area contributed by atoms with Crippen molar-refractivity contribution in [3.05, 3.63) is 22.8 Å². The Morgan fingerprint density at radius 3 is 1.92 bits per heavy atom. The van der Waals surface area contributed by atoms with E-state index in [4.69, 9.17) is 9.26 Å². The number of fused-ring (bicyclic) bond motifs is 5. The molecular formula is C17H16F2N4O2S. The van der Waals surface area contributed by atoms with Crippen molar-refractivity contribution in [2.24, 2.45) is 0 Å². The Hall–Kier alpha value is -2.29. The van der Waals surface area contributed by atoms with Crippen molar-refractivity contribution in [3.63, 3.8) is 0 Å². The van der Waals surface area contributed by atoms with Crippen molar-refractivity contribution in [3.8, 4) is 0 Å². The Kier molecular flexibility index (Phi) is 3.69. The molecule has 2 aromatic heterocycles. The standard InChI is InChI=1S/C17H16F2N4O2S/c1-6(26-5)7-11(18)8-9(14-13(7)20-24-21-14)12(19)10(17(2,3)4)16-15(8)22-25-23-16/h6H,1-5H3. The third-order valence-electron chi connectivity index (χ3n) is 4.60. The van der Waals surface area contributed by atoms with Gasteiger partial charge in [-0.3, -0.25) is 0 Å². The number of benzene rings is 2.